The van der Waals surface area contributed by atoms with Crippen LogP contribution in [-0.4, -0.2) is 25.6 Å². The number of carbonyl (C=O) groups is 1. The number of aryl methyl sites for hydroxylation is 1. The number of aromatic nitrogens is 4. The minimum absolute atomic E-state index is 0.0510. The van der Waals surface area contributed by atoms with Crippen molar-refractivity contribution in [1.82, 2.24) is 19.5 Å². The number of nitrogens with one attached hydrogen (secondary N) is 2. The van der Waals surface area contributed by atoms with Gasteiger partial charge in [0.25, 0.3) is 0 Å². The van der Waals surface area contributed by atoms with Crippen molar-refractivity contribution >= 4 is 40.0 Å². The lowest BCUT2D eigenvalue weighted by molar-refractivity contribution is -0.137. The number of hydrogen-bond acceptors (Lipinski definition) is 5. The third-order valence-corrected chi connectivity index (χ3v) is 5.78. The van der Waals surface area contributed by atoms with E-state index >= 15 is 0 Å². The smallest absolute Gasteiger partial charge is 0.417 e. The van der Waals surface area contributed by atoms with Gasteiger partial charge in [-0.3, -0.25) is 9.55 Å². The number of anilines is 2. The van der Waals surface area contributed by atoms with Gasteiger partial charge in [-0.15, -0.1) is 0 Å². The maximum Gasteiger partial charge on any atom is 0.417 e. The molecule has 0 fully saturated rings. The lowest BCUT2D eigenvalue weighted by atomic mass is 10.2. The van der Waals surface area contributed by atoms with E-state index in [4.69, 9.17) is 16.3 Å². The molecule has 0 bridgehead atoms. The normalized spacial score (nSPS) is 11.4. The molecule has 0 saturated carbocycles. The number of halogens is 4. The number of carbonyl (C=O) groups excluding carboxylic acids is 1. The van der Waals surface area contributed by atoms with Gasteiger partial charge in [0.15, 0.2) is 5.82 Å². The molecule has 0 spiro atoms. The molecule has 0 aliphatic heterocycles. The quantitative estimate of drug-likeness (QED) is 0.246. The fourth-order valence-corrected chi connectivity index (χ4v) is 3.84. The molecule has 2 heterocycles. The Labute approximate surface area is 219 Å². The second-order valence-corrected chi connectivity index (χ2v) is 8.59. The molecule has 0 atom stereocenters. The van der Waals surface area contributed by atoms with Crippen LogP contribution < -0.4 is 15.4 Å². The van der Waals surface area contributed by atoms with Crippen molar-refractivity contribution in [2.45, 2.75) is 13.1 Å². The highest BCUT2D eigenvalue weighted by atomic mass is 35.5. The van der Waals surface area contributed by atoms with Gasteiger partial charge in [0, 0.05) is 29.3 Å². The molecule has 2 N–H and O–H groups in total. The van der Waals surface area contributed by atoms with Gasteiger partial charge < -0.3 is 15.4 Å². The zero-order chi connectivity index (χ0) is 26.9. The van der Waals surface area contributed by atoms with E-state index in [2.05, 4.69) is 25.6 Å². The number of ether oxygens (including phenoxy) is 1. The van der Waals surface area contributed by atoms with Crippen molar-refractivity contribution in [1.29, 1.82) is 0 Å². The zero-order valence-corrected chi connectivity index (χ0v) is 20.4. The number of imidazole rings is 1. The Bertz CT molecular complexity index is 1640. The number of amides is 2. The highest BCUT2D eigenvalue weighted by molar-refractivity contribution is 6.31. The van der Waals surface area contributed by atoms with Crippen LogP contribution in [-0.2, 0) is 6.18 Å². The molecule has 2 amide bonds. The Balaban J connectivity index is 1.25. The molecule has 0 unspecified atom stereocenters. The van der Waals surface area contributed by atoms with Crippen molar-refractivity contribution in [2.24, 2.45) is 0 Å². The molecule has 0 saturated heterocycles. The van der Waals surface area contributed by atoms with Gasteiger partial charge in [0.1, 0.15) is 17.8 Å². The Morgan fingerprint density at radius 2 is 1.63 bits per heavy atom. The van der Waals surface area contributed by atoms with Crippen LogP contribution in [0.15, 0.2) is 79.4 Å². The average Bonchev–Trinajstić information content (AvgIpc) is 3.31. The minimum Gasteiger partial charge on any atom is -0.457 e. The maximum absolute atomic E-state index is 13.0. The Hall–Kier alpha value is -4.64. The van der Waals surface area contributed by atoms with Gasteiger partial charge in [-0.25, -0.2) is 14.8 Å². The van der Waals surface area contributed by atoms with Crippen LogP contribution in [0.1, 0.15) is 11.3 Å². The summed E-state index contributed by atoms with van der Waals surface area (Å²) >= 11 is 5.61. The molecular weight excluding hydrogens is 521 g/mol. The molecule has 0 radical (unpaired) electrons. The summed E-state index contributed by atoms with van der Waals surface area (Å²) in [6, 6.07) is 14.2. The highest BCUT2D eigenvalue weighted by Crippen LogP contribution is 2.36. The molecular formula is C26H18ClF3N6O2. The molecule has 192 valence electrons. The minimum atomic E-state index is -4.64. The Kier molecular flexibility index (Phi) is 6.60. The predicted octanol–water partition coefficient (Wildman–Crippen LogP) is 7.23. The van der Waals surface area contributed by atoms with E-state index in [1.54, 1.807) is 61.2 Å². The summed E-state index contributed by atoms with van der Waals surface area (Å²) in [7, 11) is 0. The van der Waals surface area contributed by atoms with E-state index in [0.29, 0.717) is 34.0 Å². The number of nitrogens with zero attached hydrogens (tertiary/aromatic N) is 4. The monoisotopic (exact) mass is 538 g/mol. The van der Waals surface area contributed by atoms with Crippen LogP contribution in [0, 0.1) is 6.92 Å². The summed E-state index contributed by atoms with van der Waals surface area (Å²) in [6.45, 7) is 1.92. The molecule has 5 rings (SSSR count). The molecule has 12 heteroatoms. The van der Waals surface area contributed by atoms with Crippen LogP contribution in [0.25, 0.3) is 16.9 Å². The van der Waals surface area contributed by atoms with E-state index in [0.717, 1.165) is 17.8 Å². The SMILES string of the molecule is Cc1cncn1-c1cnc2ccc(Oc3ccc(NC(=O)Nc4ccc(Cl)c(C(F)(F)F)c4)cc3)cc2n1. The summed E-state index contributed by atoms with van der Waals surface area (Å²) in [6.07, 6.45) is 0.424. The molecule has 5 aromatic rings. The number of urea groups is 1. The predicted molar refractivity (Wildman–Crippen MR) is 137 cm³/mol. The number of hydrogen-bond donors (Lipinski definition) is 2. The molecule has 0 aliphatic rings. The van der Waals surface area contributed by atoms with Crippen molar-refractivity contribution in [3.8, 4) is 17.3 Å². The van der Waals surface area contributed by atoms with Crippen LogP contribution in [0.5, 0.6) is 11.5 Å². The maximum atomic E-state index is 13.0. The molecule has 8 nitrogen and oxygen atoms in total. The second-order valence-electron chi connectivity index (χ2n) is 8.18. The van der Waals surface area contributed by atoms with Crippen molar-refractivity contribution < 1.29 is 22.7 Å². The summed E-state index contributed by atoms with van der Waals surface area (Å²) in [5.41, 5.74) is 1.58. The van der Waals surface area contributed by atoms with Gasteiger partial charge in [-0.05, 0) is 61.5 Å². The van der Waals surface area contributed by atoms with Gasteiger partial charge >= 0.3 is 12.2 Å². The van der Waals surface area contributed by atoms with E-state index in [1.807, 2.05) is 11.5 Å². The summed E-state index contributed by atoms with van der Waals surface area (Å²) in [5.74, 6) is 1.66. The van der Waals surface area contributed by atoms with E-state index in [1.165, 1.54) is 6.07 Å². The van der Waals surface area contributed by atoms with Gasteiger partial charge in [-0.1, -0.05) is 11.6 Å². The van der Waals surface area contributed by atoms with E-state index in [9.17, 15) is 18.0 Å². The first-order valence-corrected chi connectivity index (χ1v) is 11.5. The lowest BCUT2D eigenvalue weighted by Gasteiger charge is -2.12. The molecule has 3 aromatic carbocycles. The topological polar surface area (TPSA) is 94.0 Å². The number of benzene rings is 3. The van der Waals surface area contributed by atoms with Crippen LogP contribution >= 0.6 is 11.6 Å². The van der Waals surface area contributed by atoms with E-state index in [-0.39, 0.29) is 5.69 Å². The number of fused-ring (bicyclic) bond motifs is 1. The largest absolute Gasteiger partial charge is 0.457 e. The van der Waals surface area contributed by atoms with Gasteiger partial charge in [0.05, 0.1) is 27.8 Å². The van der Waals surface area contributed by atoms with Crippen LogP contribution in [0.4, 0.5) is 29.3 Å². The highest BCUT2D eigenvalue weighted by Gasteiger charge is 2.33. The van der Waals surface area contributed by atoms with Crippen molar-refractivity contribution in [2.75, 3.05) is 10.6 Å². The van der Waals surface area contributed by atoms with Crippen LogP contribution in [0.3, 0.4) is 0 Å². The first-order chi connectivity index (χ1) is 18.2. The second kappa shape index (κ2) is 10.0. The third kappa shape index (κ3) is 5.52. The first kappa shape index (κ1) is 25.0. The Morgan fingerprint density at radius 1 is 0.921 bits per heavy atom. The van der Waals surface area contributed by atoms with Gasteiger partial charge in [0.2, 0.25) is 0 Å². The molecule has 38 heavy (non-hydrogen) atoms. The van der Waals surface area contributed by atoms with E-state index < -0.39 is 22.8 Å². The number of rotatable bonds is 5. The Morgan fingerprint density at radius 3 is 2.34 bits per heavy atom. The van der Waals surface area contributed by atoms with Gasteiger partial charge in [-0.2, -0.15) is 13.2 Å². The standard InChI is InChI=1S/C26H18ClF3N6O2/c1-15-12-31-14-36(15)24-13-32-22-9-7-19(11-23(22)35-24)38-18-5-2-16(3-6-18)33-25(37)34-17-4-8-21(27)20(10-17)26(28,29)30/h2-14H,1H3,(H2,33,34,37). The summed E-state index contributed by atoms with van der Waals surface area (Å²) in [5, 5.41) is 4.47. The molecule has 2 aromatic heterocycles. The first-order valence-electron chi connectivity index (χ1n) is 11.1. The van der Waals surface area contributed by atoms with Crippen molar-refractivity contribution in [3.63, 3.8) is 0 Å². The summed E-state index contributed by atoms with van der Waals surface area (Å²) < 4.78 is 46.9. The fraction of sp³-hybridized carbons (Fsp3) is 0.0769. The molecule has 0 aliphatic carbocycles. The van der Waals surface area contributed by atoms with Crippen LogP contribution in [0.2, 0.25) is 5.02 Å². The fourth-order valence-electron chi connectivity index (χ4n) is 3.62. The zero-order valence-electron chi connectivity index (χ0n) is 19.6. The lowest BCUT2D eigenvalue weighted by Crippen LogP contribution is -2.19. The van der Waals surface area contributed by atoms with Crippen molar-refractivity contribution in [3.05, 3.63) is 95.7 Å². The number of alkyl halides is 3. The summed E-state index contributed by atoms with van der Waals surface area (Å²) in [4.78, 5) is 25.5. The third-order valence-electron chi connectivity index (χ3n) is 5.45. The average molecular weight is 539 g/mol.